The number of hydrogen-bond donors (Lipinski definition) is 1. The first-order valence-corrected chi connectivity index (χ1v) is 6.77. The van der Waals surface area contributed by atoms with Crippen LogP contribution in [0.4, 0.5) is 4.39 Å². The predicted octanol–water partition coefficient (Wildman–Crippen LogP) is 4.07. The molecule has 0 amide bonds. The maximum atomic E-state index is 13.1. The lowest BCUT2D eigenvalue weighted by atomic mass is 10.0. The Morgan fingerprint density at radius 1 is 1.21 bits per heavy atom. The van der Waals surface area contributed by atoms with Crippen LogP contribution in [0.5, 0.6) is 5.75 Å². The van der Waals surface area contributed by atoms with Crippen molar-refractivity contribution >= 4 is 15.9 Å². The first-order valence-electron chi connectivity index (χ1n) is 5.98. The Balaban J connectivity index is 2.41. The highest BCUT2D eigenvalue weighted by Gasteiger charge is 2.17. The van der Waals surface area contributed by atoms with Crippen molar-refractivity contribution in [3.8, 4) is 5.75 Å². The molecule has 0 saturated carbocycles. The number of halogens is 2. The fourth-order valence-corrected chi connectivity index (χ4v) is 2.45. The molecule has 0 saturated heterocycles. The minimum atomic E-state index is -0.863. The fourth-order valence-electron chi connectivity index (χ4n) is 1.88. The van der Waals surface area contributed by atoms with Gasteiger partial charge in [-0.05, 0) is 30.7 Å². The summed E-state index contributed by atoms with van der Waals surface area (Å²) in [7, 11) is 0. The molecule has 2 aromatic rings. The van der Waals surface area contributed by atoms with E-state index in [1.807, 2.05) is 19.1 Å². The van der Waals surface area contributed by atoms with E-state index in [9.17, 15) is 9.50 Å². The molecule has 2 nitrogen and oxygen atoms in total. The quantitative estimate of drug-likeness (QED) is 0.918. The summed E-state index contributed by atoms with van der Waals surface area (Å²) in [5.74, 6) is 0.287. The molecule has 0 spiro atoms. The highest BCUT2D eigenvalue weighted by Crippen LogP contribution is 2.33. The average molecular weight is 325 g/mol. The van der Waals surface area contributed by atoms with Gasteiger partial charge in [-0.15, -0.1) is 0 Å². The normalized spacial score (nSPS) is 12.2. The average Bonchev–Trinajstić information content (AvgIpc) is 2.39. The highest BCUT2D eigenvalue weighted by molar-refractivity contribution is 9.10. The molecule has 0 aromatic heterocycles. The third-order valence-corrected chi connectivity index (χ3v) is 3.46. The van der Waals surface area contributed by atoms with Crippen LogP contribution in [0.3, 0.4) is 0 Å². The van der Waals surface area contributed by atoms with Gasteiger partial charge in [0.1, 0.15) is 17.7 Å². The highest BCUT2D eigenvalue weighted by atomic mass is 79.9. The van der Waals surface area contributed by atoms with Crippen molar-refractivity contribution in [1.82, 2.24) is 0 Å². The summed E-state index contributed by atoms with van der Waals surface area (Å²) in [6.45, 7) is 2.41. The van der Waals surface area contributed by atoms with Gasteiger partial charge >= 0.3 is 0 Å². The molecule has 1 N–H and O–H groups in total. The molecular weight excluding hydrogens is 311 g/mol. The van der Waals surface area contributed by atoms with E-state index in [0.29, 0.717) is 28.0 Å². The van der Waals surface area contributed by atoms with Gasteiger partial charge in [0.15, 0.2) is 0 Å². The molecule has 0 heterocycles. The van der Waals surface area contributed by atoms with Crippen LogP contribution in [0.1, 0.15) is 24.2 Å². The van der Waals surface area contributed by atoms with E-state index in [-0.39, 0.29) is 5.82 Å². The van der Waals surface area contributed by atoms with E-state index >= 15 is 0 Å². The van der Waals surface area contributed by atoms with E-state index in [4.69, 9.17) is 4.74 Å². The SMILES string of the molecule is CCOc1ccccc1C(O)c1ccc(F)cc1Br. The van der Waals surface area contributed by atoms with Gasteiger partial charge in [0.25, 0.3) is 0 Å². The summed E-state index contributed by atoms with van der Waals surface area (Å²) in [6.07, 6.45) is -0.863. The second kappa shape index (κ2) is 6.17. The molecule has 1 atom stereocenters. The van der Waals surface area contributed by atoms with Gasteiger partial charge in [0.2, 0.25) is 0 Å². The molecule has 0 aliphatic rings. The molecule has 0 bridgehead atoms. The lowest BCUT2D eigenvalue weighted by Gasteiger charge is -2.17. The lowest BCUT2D eigenvalue weighted by Crippen LogP contribution is -2.04. The van der Waals surface area contributed by atoms with E-state index in [2.05, 4.69) is 15.9 Å². The Bertz CT molecular complexity index is 572. The van der Waals surface area contributed by atoms with E-state index in [0.717, 1.165) is 0 Å². The number of rotatable bonds is 4. The Labute approximate surface area is 120 Å². The molecule has 0 aliphatic heterocycles. The molecule has 0 aliphatic carbocycles. The van der Waals surface area contributed by atoms with Crippen LogP contribution in [0.15, 0.2) is 46.9 Å². The number of hydrogen-bond acceptors (Lipinski definition) is 2. The third kappa shape index (κ3) is 3.14. The van der Waals surface area contributed by atoms with E-state index < -0.39 is 6.10 Å². The number of aliphatic hydroxyl groups is 1. The van der Waals surface area contributed by atoms with Gasteiger partial charge in [-0.25, -0.2) is 4.39 Å². The summed E-state index contributed by atoms with van der Waals surface area (Å²) in [4.78, 5) is 0. The van der Waals surface area contributed by atoms with Crippen molar-refractivity contribution in [1.29, 1.82) is 0 Å². The van der Waals surface area contributed by atoms with Crippen molar-refractivity contribution in [3.63, 3.8) is 0 Å². The summed E-state index contributed by atoms with van der Waals surface area (Å²) in [5, 5.41) is 10.4. The zero-order valence-corrected chi connectivity index (χ0v) is 12.0. The Kier molecular flexibility index (Phi) is 4.56. The summed E-state index contributed by atoms with van der Waals surface area (Å²) >= 11 is 3.27. The topological polar surface area (TPSA) is 29.5 Å². The van der Waals surface area contributed by atoms with Gasteiger partial charge in [0.05, 0.1) is 6.61 Å². The maximum Gasteiger partial charge on any atom is 0.125 e. The van der Waals surface area contributed by atoms with Crippen LogP contribution in [-0.4, -0.2) is 11.7 Å². The monoisotopic (exact) mass is 324 g/mol. The van der Waals surface area contributed by atoms with Crippen molar-refractivity contribution in [2.75, 3.05) is 6.61 Å². The lowest BCUT2D eigenvalue weighted by molar-refractivity contribution is 0.211. The van der Waals surface area contributed by atoms with Crippen molar-refractivity contribution in [3.05, 3.63) is 63.9 Å². The Morgan fingerprint density at radius 3 is 2.63 bits per heavy atom. The third-order valence-electron chi connectivity index (χ3n) is 2.77. The van der Waals surface area contributed by atoms with Crippen LogP contribution < -0.4 is 4.74 Å². The van der Waals surface area contributed by atoms with Gasteiger partial charge in [-0.2, -0.15) is 0 Å². The Hall–Kier alpha value is -1.39. The van der Waals surface area contributed by atoms with Gasteiger partial charge in [-0.3, -0.25) is 0 Å². The number of para-hydroxylation sites is 1. The molecule has 19 heavy (non-hydrogen) atoms. The smallest absolute Gasteiger partial charge is 0.125 e. The molecule has 2 rings (SSSR count). The zero-order chi connectivity index (χ0) is 13.8. The van der Waals surface area contributed by atoms with Gasteiger partial charge in [0, 0.05) is 10.0 Å². The fraction of sp³-hybridized carbons (Fsp3) is 0.200. The van der Waals surface area contributed by atoms with Gasteiger partial charge < -0.3 is 9.84 Å². The standard InChI is InChI=1S/C15H14BrFO2/c1-2-19-14-6-4-3-5-12(14)15(18)11-8-7-10(17)9-13(11)16/h3-9,15,18H,2H2,1H3. The van der Waals surface area contributed by atoms with Crippen LogP contribution in [0.2, 0.25) is 0 Å². The van der Waals surface area contributed by atoms with Crippen LogP contribution in [0, 0.1) is 5.82 Å². The Morgan fingerprint density at radius 2 is 1.95 bits per heavy atom. The summed E-state index contributed by atoms with van der Waals surface area (Å²) < 4.78 is 19.1. The van der Waals surface area contributed by atoms with Crippen molar-refractivity contribution in [2.45, 2.75) is 13.0 Å². The summed E-state index contributed by atoms with van der Waals surface area (Å²) in [6, 6.07) is 11.5. The molecule has 0 radical (unpaired) electrons. The molecule has 1 unspecified atom stereocenters. The van der Waals surface area contributed by atoms with Crippen LogP contribution in [0.25, 0.3) is 0 Å². The number of benzene rings is 2. The molecule has 100 valence electrons. The number of ether oxygens (including phenoxy) is 1. The van der Waals surface area contributed by atoms with Crippen LogP contribution >= 0.6 is 15.9 Å². The largest absolute Gasteiger partial charge is 0.493 e. The zero-order valence-electron chi connectivity index (χ0n) is 10.4. The first kappa shape index (κ1) is 14.0. The van der Waals surface area contributed by atoms with Crippen molar-refractivity contribution in [2.24, 2.45) is 0 Å². The molecule has 4 heteroatoms. The van der Waals surface area contributed by atoms with Crippen molar-refractivity contribution < 1.29 is 14.2 Å². The molecule has 0 fully saturated rings. The number of aliphatic hydroxyl groups excluding tert-OH is 1. The van der Waals surface area contributed by atoms with Crippen LogP contribution in [-0.2, 0) is 0 Å². The second-order valence-electron chi connectivity index (χ2n) is 4.04. The maximum absolute atomic E-state index is 13.1. The van der Waals surface area contributed by atoms with Gasteiger partial charge in [-0.1, -0.05) is 40.2 Å². The van der Waals surface area contributed by atoms with E-state index in [1.165, 1.54) is 12.1 Å². The minimum Gasteiger partial charge on any atom is -0.493 e. The summed E-state index contributed by atoms with van der Waals surface area (Å²) in [5.41, 5.74) is 1.27. The minimum absolute atomic E-state index is 0.346. The molecular formula is C15H14BrFO2. The first-order chi connectivity index (χ1) is 9.13. The van der Waals surface area contributed by atoms with E-state index in [1.54, 1.807) is 18.2 Å². The second-order valence-corrected chi connectivity index (χ2v) is 4.89. The molecule has 2 aromatic carbocycles. The predicted molar refractivity (Wildman–Crippen MR) is 75.8 cm³/mol.